The number of hydrogen-bond donors (Lipinski definition) is 0. The second-order valence-electron chi connectivity index (χ2n) is 9.42. The number of benzene rings is 2. The molecular weight excluding hydrogens is 350 g/mol. The van der Waals surface area contributed by atoms with Gasteiger partial charge >= 0.3 is 0 Å². The number of fused-ring (bicyclic) bond motifs is 3. The molecule has 4 rings (SSSR count). The highest BCUT2D eigenvalue weighted by atomic mass is 15.0. The van der Waals surface area contributed by atoms with E-state index < -0.39 is 0 Å². The molecule has 1 unspecified atom stereocenters. The van der Waals surface area contributed by atoms with E-state index in [0.717, 1.165) is 13.0 Å². The molecule has 1 atom stereocenters. The molecule has 1 heterocycles. The van der Waals surface area contributed by atoms with Gasteiger partial charge in [0.1, 0.15) is 0 Å². The van der Waals surface area contributed by atoms with Gasteiger partial charge in [0.25, 0.3) is 0 Å². The predicted octanol–water partition coefficient (Wildman–Crippen LogP) is 7.65. The number of aryl methyl sites for hydroxylation is 2. The van der Waals surface area contributed by atoms with Crippen LogP contribution in [-0.2, 0) is 13.0 Å². The van der Waals surface area contributed by atoms with Crippen LogP contribution in [0.4, 0.5) is 0 Å². The van der Waals surface area contributed by atoms with Crippen LogP contribution in [0.3, 0.4) is 0 Å². The zero-order valence-corrected chi connectivity index (χ0v) is 19.5. The standard InChI is InChI=1S/C28H35N/c1-16-9-10-27-25(14-16)26-15-17(2)13-18(3)28(26)29(27)12-11-24-22(7)20(5)19(4)21(6)23(24)8/h9-10,14-15,18H,11-13H2,1-8H3. The fourth-order valence-corrected chi connectivity index (χ4v) is 5.50. The maximum absolute atomic E-state index is 2.63. The Morgan fingerprint density at radius 3 is 2.14 bits per heavy atom. The van der Waals surface area contributed by atoms with Crippen molar-refractivity contribution in [2.75, 3.05) is 0 Å². The minimum absolute atomic E-state index is 0.575. The first-order chi connectivity index (χ1) is 13.7. The fourth-order valence-electron chi connectivity index (χ4n) is 5.50. The number of allylic oxidation sites excluding steroid dienone is 1. The molecular formula is C28H35N. The van der Waals surface area contributed by atoms with Crippen LogP contribution in [0.1, 0.15) is 76.4 Å². The first-order valence-corrected chi connectivity index (χ1v) is 11.1. The number of aromatic nitrogens is 1. The summed E-state index contributed by atoms with van der Waals surface area (Å²) < 4.78 is 2.63. The van der Waals surface area contributed by atoms with Crippen molar-refractivity contribution in [2.24, 2.45) is 0 Å². The van der Waals surface area contributed by atoms with Crippen LogP contribution in [-0.4, -0.2) is 4.57 Å². The Morgan fingerprint density at radius 2 is 1.48 bits per heavy atom. The van der Waals surface area contributed by atoms with Gasteiger partial charge in [-0.2, -0.15) is 0 Å². The van der Waals surface area contributed by atoms with Gasteiger partial charge in [-0.1, -0.05) is 30.2 Å². The van der Waals surface area contributed by atoms with E-state index in [-0.39, 0.29) is 0 Å². The summed E-state index contributed by atoms with van der Waals surface area (Å²) in [5, 5.41) is 1.43. The molecule has 0 spiro atoms. The smallest absolute Gasteiger partial charge is 0.0489 e. The molecule has 1 nitrogen and oxygen atoms in total. The monoisotopic (exact) mass is 385 g/mol. The lowest BCUT2D eigenvalue weighted by molar-refractivity contribution is 0.616. The average Bonchev–Trinajstić information content (AvgIpc) is 2.98. The van der Waals surface area contributed by atoms with Crippen LogP contribution in [0.5, 0.6) is 0 Å². The maximum atomic E-state index is 2.63. The van der Waals surface area contributed by atoms with Gasteiger partial charge in [0, 0.05) is 34.6 Å². The van der Waals surface area contributed by atoms with Crippen LogP contribution in [0.15, 0.2) is 23.8 Å². The highest BCUT2D eigenvalue weighted by molar-refractivity contribution is 5.93. The van der Waals surface area contributed by atoms with E-state index >= 15 is 0 Å². The first-order valence-electron chi connectivity index (χ1n) is 11.1. The Balaban J connectivity index is 1.84. The molecule has 0 bridgehead atoms. The highest BCUT2D eigenvalue weighted by Crippen LogP contribution is 2.40. The van der Waals surface area contributed by atoms with Gasteiger partial charge < -0.3 is 4.57 Å². The van der Waals surface area contributed by atoms with Crippen LogP contribution < -0.4 is 0 Å². The molecule has 152 valence electrons. The Kier molecular flexibility index (Phi) is 4.97. The molecule has 1 aromatic heterocycles. The Hall–Kier alpha value is -2.28. The molecule has 0 radical (unpaired) electrons. The van der Waals surface area contributed by atoms with Crippen LogP contribution >= 0.6 is 0 Å². The lowest BCUT2D eigenvalue weighted by atomic mass is 9.87. The van der Waals surface area contributed by atoms with Gasteiger partial charge in [-0.05, 0) is 107 Å². The van der Waals surface area contributed by atoms with Gasteiger partial charge in [-0.15, -0.1) is 0 Å². The predicted molar refractivity (Wildman–Crippen MR) is 127 cm³/mol. The van der Waals surface area contributed by atoms with E-state index in [4.69, 9.17) is 0 Å². The van der Waals surface area contributed by atoms with E-state index in [1.54, 1.807) is 5.56 Å². The molecule has 0 N–H and O–H groups in total. The summed E-state index contributed by atoms with van der Waals surface area (Å²) in [6, 6.07) is 6.98. The second-order valence-corrected chi connectivity index (χ2v) is 9.42. The van der Waals surface area contributed by atoms with Gasteiger partial charge in [0.2, 0.25) is 0 Å². The van der Waals surface area contributed by atoms with Crippen molar-refractivity contribution in [3.05, 3.63) is 74.0 Å². The molecule has 2 aromatic carbocycles. The largest absolute Gasteiger partial charge is 0.343 e. The van der Waals surface area contributed by atoms with Crippen molar-refractivity contribution in [3.8, 4) is 0 Å². The first kappa shape index (κ1) is 20.0. The summed E-state index contributed by atoms with van der Waals surface area (Å²) in [6.45, 7) is 19.4. The van der Waals surface area contributed by atoms with Gasteiger partial charge in [-0.3, -0.25) is 0 Å². The van der Waals surface area contributed by atoms with Gasteiger partial charge in [0.05, 0.1) is 0 Å². The molecule has 0 fully saturated rings. The van der Waals surface area contributed by atoms with Gasteiger partial charge in [-0.25, -0.2) is 0 Å². The third-order valence-electron chi connectivity index (χ3n) is 7.53. The van der Waals surface area contributed by atoms with Crippen molar-refractivity contribution in [2.45, 2.75) is 80.7 Å². The van der Waals surface area contributed by atoms with Crippen molar-refractivity contribution >= 4 is 17.0 Å². The van der Waals surface area contributed by atoms with E-state index in [2.05, 4.69) is 84.2 Å². The zero-order chi connectivity index (χ0) is 21.0. The molecule has 3 aromatic rings. The number of hydrogen-bond acceptors (Lipinski definition) is 0. The Bertz CT molecular complexity index is 1120. The lowest BCUT2D eigenvalue weighted by Gasteiger charge is -2.23. The van der Waals surface area contributed by atoms with Crippen LogP contribution in [0.2, 0.25) is 0 Å². The van der Waals surface area contributed by atoms with Gasteiger partial charge in [0.15, 0.2) is 0 Å². The summed E-state index contributed by atoms with van der Waals surface area (Å²) in [5.74, 6) is 0.575. The number of rotatable bonds is 3. The van der Waals surface area contributed by atoms with Crippen molar-refractivity contribution in [1.82, 2.24) is 4.57 Å². The maximum Gasteiger partial charge on any atom is 0.0489 e. The number of nitrogens with zero attached hydrogens (tertiary/aromatic N) is 1. The molecule has 1 heteroatoms. The Labute approximate surface area is 176 Å². The van der Waals surface area contributed by atoms with Crippen molar-refractivity contribution in [3.63, 3.8) is 0 Å². The SMILES string of the molecule is CC1=Cc2c(n(CCc3c(C)c(C)c(C)c(C)c3C)c3ccc(C)cc23)C(C)C1. The van der Waals surface area contributed by atoms with Crippen molar-refractivity contribution < 1.29 is 0 Å². The summed E-state index contributed by atoms with van der Waals surface area (Å²) in [6.07, 6.45) is 4.70. The van der Waals surface area contributed by atoms with E-state index in [9.17, 15) is 0 Å². The Morgan fingerprint density at radius 1 is 0.862 bits per heavy atom. The summed E-state index contributed by atoms with van der Waals surface area (Å²) in [7, 11) is 0. The summed E-state index contributed by atoms with van der Waals surface area (Å²) in [5.41, 5.74) is 16.1. The third kappa shape index (κ3) is 3.16. The molecule has 0 saturated heterocycles. The average molecular weight is 386 g/mol. The molecule has 1 aliphatic rings. The molecule has 0 amide bonds. The van der Waals surface area contributed by atoms with E-state index in [1.165, 1.54) is 67.5 Å². The fraction of sp³-hybridized carbons (Fsp3) is 0.429. The molecule has 29 heavy (non-hydrogen) atoms. The second kappa shape index (κ2) is 7.20. The summed E-state index contributed by atoms with van der Waals surface area (Å²) in [4.78, 5) is 0. The molecule has 0 aliphatic heterocycles. The third-order valence-corrected chi connectivity index (χ3v) is 7.53. The molecule has 0 saturated carbocycles. The zero-order valence-electron chi connectivity index (χ0n) is 19.5. The van der Waals surface area contributed by atoms with Crippen LogP contribution in [0, 0.1) is 41.5 Å². The van der Waals surface area contributed by atoms with Crippen LogP contribution in [0.25, 0.3) is 17.0 Å². The minimum Gasteiger partial charge on any atom is -0.343 e. The normalized spacial score (nSPS) is 16.3. The highest BCUT2D eigenvalue weighted by Gasteiger charge is 2.24. The minimum atomic E-state index is 0.575. The van der Waals surface area contributed by atoms with Crippen molar-refractivity contribution in [1.29, 1.82) is 0 Å². The summed E-state index contributed by atoms with van der Waals surface area (Å²) >= 11 is 0. The quantitative estimate of drug-likeness (QED) is 0.436. The lowest BCUT2D eigenvalue weighted by Crippen LogP contribution is -2.13. The van der Waals surface area contributed by atoms with E-state index in [1.807, 2.05) is 0 Å². The molecule has 1 aliphatic carbocycles. The van der Waals surface area contributed by atoms with E-state index in [0.29, 0.717) is 5.92 Å². The topological polar surface area (TPSA) is 4.93 Å².